The fourth-order valence-corrected chi connectivity index (χ4v) is 1.51. The van der Waals surface area contributed by atoms with Crippen LogP contribution in [-0.2, 0) is 0 Å². The summed E-state index contributed by atoms with van der Waals surface area (Å²) < 4.78 is 0. The van der Waals surface area contributed by atoms with E-state index < -0.39 is 0 Å². The topological polar surface area (TPSA) is 20.2 Å². The van der Waals surface area contributed by atoms with E-state index >= 15 is 0 Å². The first-order chi connectivity index (χ1) is 7.43. The molecule has 0 saturated heterocycles. The van der Waals surface area contributed by atoms with Crippen LogP contribution < -0.4 is 0 Å². The van der Waals surface area contributed by atoms with E-state index in [9.17, 15) is 0 Å². The minimum absolute atomic E-state index is 0.313. The summed E-state index contributed by atoms with van der Waals surface area (Å²) in [6, 6.07) is 0. The van der Waals surface area contributed by atoms with Crippen molar-refractivity contribution in [2.75, 3.05) is 6.61 Å². The number of allylic oxidation sites excluding steroid dienone is 8. The summed E-state index contributed by atoms with van der Waals surface area (Å²) in [5, 5.41) is 8.61. The highest BCUT2D eigenvalue weighted by atomic mass is 16.2. The molecule has 0 radical (unpaired) electrons. The van der Waals surface area contributed by atoms with Gasteiger partial charge in [-0.2, -0.15) is 0 Å². The van der Waals surface area contributed by atoms with Crippen molar-refractivity contribution in [2.24, 2.45) is 5.92 Å². The highest BCUT2D eigenvalue weighted by Gasteiger charge is 1.96. The molecule has 15 heavy (non-hydrogen) atoms. The molecule has 0 fully saturated rings. The molecule has 1 aliphatic carbocycles. The third-order valence-corrected chi connectivity index (χ3v) is 2.40. The number of hydrogen-bond donors (Lipinski definition) is 1. The van der Waals surface area contributed by atoms with E-state index in [1.807, 2.05) is 0 Å². The predicted octanol–water partition coefficient (Wildman–Crippen LogP) is 3.39. The zero-order valence-electron chi connectivity index (χ0n) is 9.18. The van der Waals surface area contributed by atoms with Crippen LogP contribution >= 0.6 is 0 Å². The Bertz CT molecular complexity index is 243. The van der Waals surface area contributed by atoms with Crippen LogP contribution in [0.5, 0.6) is 0 Å². The molecule has 1 nitrogen and oxygen atoms in total. The van der Waals surface area contributed by atoms with Gasteiger partial charge in [-0.05, 0) is 31.6 Å². The second kappa shape index (κ2) is 8.25. The molecule has 0 aliphatic heterocycles. The number of aliphatic hydroxyl groups is 1. The summed E-state index contributed by atoms with van der Waals surface area (Å²) >= 11 is 0. The quantitative estimate of drug-likeness (QED) is 0.519. The molecule has 0 spiro atoms. The van der Waals surface area contributed by atoms with Gasteiger partial charge in [0.1, 0.15) is 0 Å². The van der Waals surface area contributed by atoms with Crippen molar-refractivity contribution < 1.29 is 5.11 Å². The normalized spacial score (nSPS) is 16.3. The Balaban J connectivity index is 2.13. The molecule has 0 aromatic rings. The van der Waals surface area contributed by atoms with Crippen molar-refractivity contribution in [3.05, 3.63) is 48.6 Å². The van der Waals surface area contributed by atoms with E-state index in [0.717, 1.165) is 25.7 Å². The number of unbranched alkanes of at least 4 members (excludes halogenated alkanes) is 2. The smallest absolute Gasteiger partial charge is 0.0431 e. The lowest BCUT2D eigenvalue weighted by Gasteiger charge is -2.01. The first-order valence-electron chi connectivity index (χ1n) is 5.71. The Labute approximate surface area is 92.5 Å². The molecule has 1 heteroatoms. The summed E-state index contributed by atoms with van der Waals surface area (Å²) in [5.41, 5.74) is 0. The first-order valence-corrected chi connectivity index (χ1v) is 5.71. The zero-order valence-corrected chi connectivity index (χ0v) is 9.18. The maximum atomic E-state index is 8.61. The average molecular weight is 204 g/mol. The van der Waals surface area contributed by atoms with Gasteiger partial charge >= 0.3 is 0 Å². The van der Waals surface area contributed by atoms with Crippen LogP contribution in [0, 0.1) is 5.92 Å². The van der Waals surface area contributed by atoms with Gasteiger partial charge in [0.2, 0.25) is 0 Å². The van der Waals surface area contributed by atoms with Crippen molar-refractivity contribution in [2.45, 2.75) is 25.7 Å². The van der Waals surface area contributed by atoms with E-state index in [1.54, 1.807) is 0 Å². The monoisotopic (exact) mass is 204 g/mol. The molecule has 0 saturated carbocycles. The number of hydrogen-bond acceptors (Lipinski definition) is 1. The minimum Gasteiger partial charge on any atom is -0.396 e. The fourth-order valence-electron chi connectivity index (χ4n) is 1.51. The maximum Gasteiger partial charge on any atom is 0.0431 e. The van der Waals surface area contributed by atoms with E-state index in [2.05, 4.69) is 48.6 Å². The molecule has 0 amide bonds. The average Bonchev–Trinajstić information content (AvgIpc) is 2.52. The minimum atomic E-state index is 0.313. The first kappa shape index (κ1) is 12.0. The van der Waals surface area contributed by atoms with Crippen LogP contribution in [-0.4, -0.2) is 11.7 Å². The largest absolute Gasteiger partial charge is 0.396 e. The van der Waals surface area contributed by atoms with Gasteiger partial charge in [-0.25, -0.2) is 0 Å². The summed E-state index contributed by atoms with van der Waals surface area (Å²) in [7, 11) is 0. The van der Waals surface area contributed by atoms with E-state index in [0.29, 0.717) is 12.5 Å². The van der Waals surface area contributed by atoms with Crippen LogP contribution in [0.4, 0.5) is 0 Å². The molecule has 0 atom stereocenters. The van der Waals surface area contributed by atoms with Gasteiger partial charge in [-0.15, -0.1) is 0 Å². The Kier molecular flexibility index (Phi) is 6.59. The molecule has 1 N–H and O–H groups in total. The standard InChI is InChI=1S/C14H20O/c15-13-9-5-1-2-6-10-14-11-7-3-4-8-12-14/h2-4,6-8,11-12,14-15H,1,5,9-10,13H2. The number of aliphatic hydroxyl groups excluding tert-OH is 1. The van der Waals surface area contributed by atoms with Gasteiger partial charge in [-0.1, -0.05) is 48.6 Å². The second-order valence-electron chi connectivity index (χ2n) is 3.75. The predicted molar refractivity (Wildman–Crippen MR) is 65.6 cm³/mol. The van der Waals surface area contributed by atoms with Crippen LogP contribution in [0.15, 0.2) is 48.6 Å². The lowest BCUT2D eigenvalue weighted by Crippen LogP contribution is -1.87. The zero-order chi connectivity index (χ0) is 10.8. The lowest BCUT2D eigenvalue weighted by atomic mass is 10.0. The summed E-state index contributed by atoms with van der Waals surface area (Å²) in [4.78, 5) is 0. The van der Waals surface area contributed by atoms with Gasteiger partial charge < -0.3 is 5.11 Å². The van der Waals surface area contributed by atoms with Crippen LogP contribution in [0.25, 0.3) is 0 Å². The van der Waals surface area contributed by atoms with Gasteiger partial charge in [0.25, 0.3) is 0 Å². The highest BCUT2D eigenvalue weighted by molar-refractivity contribution is 5.19. The van der Waals surface area contributed by atoms with Gasteiger partial charge in [-0.3, -0.25) is 0 Å². The van der Waals surface area contributed by atoms with Crippen LogP contribution in [0.2, 0.25) is 0 Å². The van der Waals surface area contributed by atoms with Crippen molar-refractivity contribution in [1.82, 2.24) is 0 Å². The van der Waals surface area contributed by atoms with Crippen molar-refractivity contribution in [1.29, 1.82) is 0 Å². The van der Waals surface area contributed by atoms with E-state index in [-0.39, 0.29) is 0 Å². The van der Waals surface area contributed by atoms with E-state index in [1.165, 1.54) is 0 Å². The van der Waals surface area contributed by atoms with Gasteiger partial charge in [0.15, 0.2) is 0 Å². The van der Waals surface area contributed by atoms with Gasteiger partial charge in [0.05, 0.1) is 0 Å². The molecule has 1 rings (SSSR count). The molecule has 0 aromatic heterocycles. The van der Waals surface area contributed by atoms with Crippen molar-refractivity contribution in [3.63, 3.8) is 0 Å². The Morgan fingerprint density at radius 2 is 1.67 bits per heavy atom. The Morgan fingerprint density at radius 1 is 0.933 bits per heavy atom. The number of rotatable bonds is 6. The van der Waals surface area contributed by atoms with Crippen molar-refractivity contribution >= 4 is 0 Å². The summed E-state index contributed by atoms with van der Waals surface area (Å²) in [5.74, 6) is 0.536. The van der Waals surface area contributed by atoms with Crippen LogP contribution in [0.3, 0.4) is 0 Å². The van der Waals surface area contributed by atoms with Crippen molar-refractivity contribution in [3.8, 4) is 0 Å². The third-order valence-electron chi connectivity index (χ3n) is 2.40. The molecular weight excluding hydrogens is 184 g/mol. The molecule has 0 aromatic carbocycles. The summed E-state index contributed by atoms with van der Waals surface area (Å²) in [6.45, 7) is 0.313. The Morgan fingerprint density at radius 3 is 2.33 bits per heavy atom. The summed E-state index contributed by atoms with van der Waals surface area (Å²) in [6.07, 6.45) is 21.4. The second-order valence-corrected chi connectivity index (χ2v) is 3.75. The molecule has 0 bridgehead atoms. The maximum absolute atomic E-state index is 8.61. The molecular formula is C14H20O. The highest BCUT2D eigenvalue weighted by Crippen LogP contribution is 2.11. The molecule has 0 heterocycles. The molecule has 82 valence electrons. The van der Waals surface area contributed by atoms with E-state index in [4.69, 9.17) is 5.11 Å². The Hall–Kier alpha value is -1.08. The molecule has 1 aliphatic rings. The van der Waals surface area contributed by atoms with Gasteiger partial charge in [0, 0.05) is 6.61 Å². The van der Waals surface area contributed by atoms with Crippen LogP contribution in [0.1, 0.15) is 25.7 Å². The SMILES string of the molecule is OCCCCC=CCC1C=CC=CC=C1. The fraction of sp³-hybridized carbons (Fsp3) is 0.429. The molecule has 0 unspecified atom stereocenters. The third kappa shape index (κ3) is 6.08. The lowest BCUT2D eigenvalue weighted by molar-refractivity contribution is 0.285.